The van der Waals surface area contributed by atoms with Crippen molar-refractivity contribution in [2.75, 3.05) is 11.4 Å². The summed E-state index contributed by atoms with van der Waals surface area (Å²) in [6.45, 7) is 7.84. The predicted molar refractivity (Wildman–Crippen MR) is 163 cm³/mol. The minimum Gasteiger partial charge on any atom is -0.361 e. The molecule has 0 aliphatic carbocycles. The molecule has 0 bridgehead atoms. The van der Waals surface area contributed by atoms with E-state index in [4.69, 9.17) is 12.2 Å². The van der Waals surface area contributed by atoms with Gasteiger partial charge < -0.3 is 4.90 Å². The van der Waals surface area contributed by atoms with Gasteiger partial charge in [-0.2, -0.15) is 0 Å². The standard InChI is InChI=1S/C33H29NS3/c1-4-34-28-21-20-26(22-27(28)29-30(32(34,2)3)36-37-31(29)35)33(23-14-8-5-9-15-23,24-16-10-6-11-17-24)25-18-12-7-13-19-25/h5-22H,4H2,1-3H3. The molecule has 0 atom stereocenters. The van der Waals surface area contributed by atoms with Gasteiger partial charge >= 0.3 is 0 Å². The molecule has 1 nitrogen and oxygen atoms in total. The molecule has 184 valence electrons. The second kappa shape index (κ2) is 9.36. The molecule has 0 amide bonds. The predicted octanol–water partition coefficient (Wildman–Crippen LogP) is 9.66. The van der Waals surface area contributed by atoms with Crippen LogP contribution < -0.4 is 4.90 Å². The molecule has 0 saturated carbocycles. The zero-order chi connectivity index (χ0) is 25.6. The fraction of sp³-hybridized carbons (Fsp3) is 0.182. The third kappa shape index (κ3) is 3.65. The molecule has 0 radical (unpaired) electrons. The maximum absolute atomic E-state index is 5.95. The van der Waals surface area contributed by atoms with Gasteiger partial charge in [0.25, 0.3) is 0 Å². The highest BCUT2D eigenvalue weighted by Crippen LogP contribution is 2.54. The Labute approximate surface area is 232 Å². The largest absolute Gasteiger partial charge is 0.361 e. The van der Waals surface area contributed by atoms with Gasteiger partial charge in [-0.3, -0.25) is 0 Å². The van der Waals surface area contributed by atoms with Crippen molar-refractivity contribution < 1.29 is 0 Å². The van der Waals surface area contributed by atoms with E-state index in [2.05, 4.69) is 135 Å². The van der Waals surface area contributed by atoms with Gasteiger partial charge in [0.2, 0.25) is 0 Å². The normalized spacial score (nSPS) is 14.2. The van der Waals surface area contributed by atoms with Gasteiger partial charge in [0.15, 0.2) is 0 Å². The fourth-order valence-corrected chi connectivity index (χ4v) is 9.45. The number of anilines is 1. The van der Waals surface area contributed by atoms with Crippen LogP contribution in [0.15, 0.2) is 109 Å². The molecule has 2 heterocycles. The van der Waals surface area contributed by atoms with Gasteiger partial charge in [0.05, 0.1) is 15.8 Å². The molecule has 4 aromatic carbocycles. The SMILES string of the molecule is CCN1c2ccc(C(c3ccccc3)(c3ccccc3)c3ccccc3)cc2-c2c(ssc2=S)C1(C)C. The van der Waals surface area contributed by atoms with Crippen molar-refractivity contribution >= 4 is 38.6 Å². The van der Waals surface area contributed by atoms with E-state index in [-0.39, 0.29) is 5.54 Å². The molecule has 0 unspecified atom stereocenters. The van der Waals surface area contributed by atoms with Crippen LogP contribution in [-0.4, -0.2) is 6.54 Å². The fourth-order valence-electron chi connectivity index (χ4n) is 6.15. The number of rotatable bonds is 5. The van der Waals surface area contributed by atoms with Crippen LogP contribution in [0.4, 0.5) is 5.69 Å². The molecule has 6 rings (SSSR count). The molecule has 0 N–H and O–H groups in total. The molecule has 0 fully saturated rings. The highest BCUT2D eigenvalue weighted by molar-refractivity contribution is 7.80. The third-order valence-corrected chi connectivity index (χ3v) is 11.1. The lowest BCUT2D eigenvalue weighted by Crippen LogP contribution is -2.43. The summed E-state index contributed by atoms with van der Waals surface area (Å²) in [7, 11) is 3.57. The average molecular weight is 536 g/mol. The number of hydrogen-bond acceptors (Lipinski definition) is 4. The van der Waals surface area contributed by atoms with E-state index < -0.39 is 5.41 Å². The van der Waals surface area contributed by atoms with Crippen LogP contribution in [0.5, 0.6) is 0 Å². The van der Waals surface area contributed by atoms with E-state index in [1.54, 1.807) is 10.3 Å². The van der Waals surface area contributed by atoms with Gasteiger partial charge in [-0.15, -0.1) is 0 Å². The van der Waals surface area contributed by atoms with E-state index in [0.717, 1.165) is 10.4 Å². The first-order valence-corrected chi connectivity index (χ1v) is 15.3. The first kappa shape index (κ1) is 24.3. The van der Waals surface area contributed by atoms with Crippen molar-refractivity contribution in [1.29, 1.82) is 0 Å². The van der Waals surface area contributed by atoms with Gasteiger partial charge in [-0.05, 0) is 55.2 Å². The zero-order valence-electron chi connectivity index (χ0n) is 21.3. The Morgan fingerprint density at radius 1 is 0.703 bits per heavy atom. The van der Waals surface area contributed by atoms with Crippen LogP contribution in [0.2, 0.25) is 0 Å². The minimum absolute atomic E-state index is 0.0911. The van der Waals surface area contributed by atoms with Gasteiger partial charge in [-0.1, -0.05) is 130 Å². The number of nitrogens with zero attached hydrogens (tertiary/aromatic N) is 1. The highest BCUT2D eigenvalue weighted by Gasteiger charge is 2.42. The Morgan fingerprint density at radius 3 is 1.70 bits per heavy atom. The summed E-state index contributed by atoms with van der Waals surface area (Å²) in [5, 5.41) is 0. The molecule has 0 spiro atoms. The Balaban J connectivity index is 1.73. The van der Waals surface area contributed by atoms with Gasteiger partial charge in [0, 0.05) is 23.4 Å². The Bertz CT molecular complexity index is 1500. The van der Waals surface area contributed by atoms with E-state index in [1.807, 2.05) is 10.3 Å². The van der Waals surface area contributed by atoms with Gasteiger partial charge in [0.1, 0.15) is 3.82 Å². The number of hydrogen-bond donors (Lipinski definition) is 0. The van der Waals surface area contributed by atoms with E-state index >= 15 is 0 Å². The lowest BCUT2D eigenvalue weighted by molar-refractivity contribution is 0.496. The molecule has 4 heteroatoms. The van der Waals surface area contributed by atoms with E-state index in [9.17, 15) is 0 Å². The Morgan fingerprint density at radius 2 is 1.22 bits per heavy atom. The third-order valence-electron chi connectivity index (χ3n) is 7.79. The van der Waals surface area contributed by atoms with Gasteiger partial charge in [-0.25, -0.2) is 0 Å². The second-order valence-corrected chi connectivity index (χ2v) is 12.9. The van der Waals surface area contributed by atoms with Crippen LogP contribution in [0.25, 0.3) is 11.1 Å². The summed E-state index contributed by atoms with van der Waals surface area (Å²) in [5.41, 5.74) is 8.22. The van der Waals surface area contributed by atoms with Crippen LogP contribution >= 0.6 is 32.9 Å². The smallest absolute Gasteiger partial charge is 0.110 e. The topological polar surface area (TPSA) is 3.24 Å². The van der Waals surface area contributed by atoms with Crippen LogP contribution in [0.3, 0.4) is 0 Å². The second-order valence-electron chi connectivity index (χ2n) is 10.0. The molecule has 1 aliphatic rings. The van der Waals surface area contributed by atoms with Crippen molar-refractivity contribution in [3.63, 3.8) is 0 Å². The lowest BCUT2D eigenvalue weighted by atomic mass is 9.64. The first-order chi connectivity index (χ1) is 18.0. The van der Waals surface area contributed by atoms with Crippen LogP contribution in [-0.2, 0) is 11.0 Å². The summed E-state index contributed by atoms with van der Waals surface area (Å²) < 4.78 is 0.993. The molecule has 0 saturated heterocycles. The molecule has 5 aromatic rings. The molecular weight excluding hydrogens is 507 g/mol. The maximum Gasteiger partial charge on any atom is 0.110 e. The molecule has 1 aromatic heterocycles. The maximum atomic E-state index is 5.95. The average Bonchev–Trinajstić information content (AvgIpc) is 3.34. The van der Waals surface area contributed by atoms with E-state index in [1.165, 1.54) is 43.9 Å². The minimum atomic E-state index is -0.468. The van der Waals surface area contributed by atoms with Crippen LogP contribution in [0, 0.1) is 3.82 Å². The number of benzene rings is 4. The van der Waals surface area contributed by atoms with Crippen molar-refractivity contribution in [3.05, 3.63) is 140 Å². The zero-order valence-corrected chi connectivity index (χ0v) is 23.7. The Hall–Kier alpha value is -3.05. The summed E-state index contributed by atoms with van der Waals surface area (Å²) in [6, 6.07) is 39.9. The summed E-state index contributed by atoms with van der Waals surface area (Å²) >= 11 is 5.95. The molecule has 1 aliphatic heterocycles. The molecular formula is C33H29NS3. The highest BCUT2D eigenvalue weighted by atomic mass is 32.9. The summed E-state index contributed by atoms with van der Waals surface area (Å²) in [6.07, 6.45) is 0. The monoisotopic (exact) mass is 535 g/mol. The quantitative estimate of drug-likeness (QED) is 0.125. The lowest BCUT2D eigenvalue weighted by Gasteiger charge is -2.45. The van der Waals surface area contributed by atoms with E-state index in [0.29, 0.717) is 0 Å². The summed E-state index contributed by atoms with van der Waals surface area (Å²) in [4.78, 5) is 3.90. The van der Waals surface area contributed by atoms with Crippen molar-refractivity contribution in [1.82, 2.24) is 0 Å². The van der Waals surface area contributed by atoms with Crippen molar-refractivity contribution in [2.24, 2.45) is 0 Å². The van der Waals surface area contributed by atoms with Crippen molar-refractivity contribution in [2.45, 2.75) is 31.7 Å². The van der Waals surface area contributed by atoms with Crippen LogP contribution in [0.1, 0.15) is 47.9 Å². The van der Waals surface area contributed by atoms with Crippen molar-refractivity contribution in [3.8, 4) is 11.1 Å². The first-order valence-electron chi connectivity index (χ1n) is 12.7. The molecule has 37 heavy (non-hydrogen) atoms. The summed E-state index contributed by atoms with van der Waals surface area (Å²) in [5.74, 6) is 0. The number of fused-ring (bicyclic) bond motifs is 3. The Kier molecular flexibility index (Phi) is 6.15.